The summed E-state index contributed by atoms with van der Waals surface area (Å²) in [5.41, 5.74) is 0. The topological polar surface area (TPSA) is 149 Å². The summed E-state index contributed by atoms with van der Waals surface area (Å²) >= 11 is 0. The maximum atomic E-state index is 12.9. The second-order valence-corrected chi connectivity index (χ2v) is 18.7. The lowest BCUT2D eigenvalue weighted by atomic mass is 9.99. The third-order valence-electron chi connectivity index (χ3n) is 12.8. The van der Waals surface area contributed by atoms with E-state index < -0.39 is 49.5 Å². The van der Waals surface area contributed by atoms with Gasteiger partial charge in [0.15, 0.2) is 6.29 Å². The van der Waals surface area contributed by atoms with Crippen LogP contribution in [0.15, 0.2) is 24.3 Å². The van der Waals surface area contributed by atoms with Crippen molar-refractivity contribution in [2.24, 2.45) is 0 Å². The van der Waals surface area contributed by atoms with Crippen LogP contribution in [0.2, 0.25) is 0 Å². The second-order valence-electron chi connectivity index (χ2n) is 18.7. The second kappa shape index (κ2) is 43.6. The summed E-state index contributed by atoms with van der Waals surface area (Å²) < 4.78 is 11.2. The Balaban J connectivity index is 2.23. The third kappa shape index (κ3) is 33.2. The summed E-state index contributed by atoms with van der Waals surface area (Å²) in [7, 11) is 0. The van der Waals surface area contributed by atoms with Crippen LogP contribution in [0, 0.1) is 0 Å². The average Bonchev–Trinajstić information content (AvgIpc) is 3.27. The van der Waals surface area contributed by atoms with Gasteiger partial charge >= 0.3 is 0 Å². The van der Waals surface area contributed by atoms with Crippen LogP contribution < -0.4 is 5.32 Å². The number of allylic oxidation sites excluding steroid dienone is 3. The molecule has 1 saturated heterocycles. The molecule has 1 heterocycles. The number of nitrogens with one attached hydrogen (secondary N) is 1. The minimum Gasteiger partial charge on any atom is -0.394 e. The number of ether oxygens (including phenoxy) is 2. The summed E-state index contributed by atoms with van der Waals surface area (Å²) in [6.45, 7) is 3.77. The van der Waals surface area contributed by atoms with Gasteiger partial charge in [0.25, 0.3) is 0 Å². The van der Waals surface area contributed by atoms with Crippen LogP contribution >= 0.6 is 0 Å². The Hall–Kier alpha value is -1.33. The first kappa shape index (κ1) is 58.7. The summed E-state index contributed by atoms with van der Waals surface area (Å²) in [5, 5.41) is 54.3. The molecule has 62 heavy (non-hydrogen) atoms. The highest BCUT2D eigenvalue weighted by molar-refractivity contribution is 5.76. The lowest BCUT2D eigenvalue weighted by molar-refractivity contribution is -0.302. The molecule has 7 atom stereocenters. The number of rotatable bonds is 45. The van der Waals surface area contributed by atoms with Gasteiger partial charge in [-0.15, -0.1) is 0 Å². The van der Waals surface area contributed by atoms with Gasteiger partial charge in [0, 0.05) is 6.42 Å². The predicted octanol–water partition coefficient (Wildman–Crippen LogP) is 12.2. The van der Waals surface area contributed by atoms with Gasteiger partial charge in [0.1, 0.15) is 24.4 Å². The number of carbonyl (C=O) groups is 1. The molecule has 0 bridgehead atoms. The molecule has 0 saturated carbocycles. The Morgan fingerprint density at radius 3 is 1.35 bits per heavy atom. The molecule has 7 unspecified atom stereocenters. The van der Waals surface area contributed by atoms with Gasteiger partial charge in [-0.3, -0.25) is 4.79 Å². The van der Waals surface area contributed by atoms with E-state index in [9.17, 15) is 30.3 Å². The van der Waals surface area contributed by atoms with Gasteiger partial charge in [-0.25, -0.2) is 0 Å². The highest BCUT2D eigenvalue weighted by Gasteiger charge is 2.44. The molecule has 0 spiro atoms. The Morgan fingerprint density at radius 2 is 0.919 bits per heavy atom. The van der Waals surface area contributed by atoms with Crippen molar-refractivity contribution in [2.75, 3.05) is 13.2 Å². The number of hydrogen-bond donors (Lipinski definition) is 6. The van der Waals surface area contributed by atoms with Crippen molar-refractivity contribution in [1.82, 2.24) is 5.32 Å². The first-order chi connectivity index (χ1) is 30.3. The van der Waals surface area contributed by atoms with E-state index in [0.717, 1.165) is 38.5 Å². The van der Waals surface area contributed by atoms with E-state index in [0.29, 0.717) is 6.42 Å². The lowest BCUT2D eigenvalue weighted by Crippen LogP contribution is -2.60. The number of aliphatic hydroxyl groups is 5. The van der Waals surface area contributed by atoms with Crippen LogP contribution in [-0.4, -0.2) is 87.5 Å². The van der Waals surface area contributed by atoms with Crippen LogP contribution in [0.3, 0.4) is 0 Å². The van der Waals surface area contributed by atoms with Gasteiger partial charge in [-0.1, -0.05) is 237 Å². The van der Waals surface area contributed by atoms with E-state index in [-0.39, 0.29) is 12.5 Å². The van der Waals surface area contributed by atoms with E-state index in [1.807, 2.05) is 6.08 Å². The van der Waals surface area contributed by atoms with Gasteiger partial charge < -0.3 is 40.3 Å². The molecule has 1 aliphatic heterocycles. The Kier molecular flexibility index (Phi) is 41.2. The van der Waals surface area contributed by atoms with E-state index in [2.05, 4.69) is 31.3 Å². The zero-order valence-electron chi connectivity index (χ0n) is 40.4. The fourth-order valence-electron chi connectivity index (χ4n) is 8.53. The Morgan fingerprint density at radius 1 is 0.532 bits per heavy atom. The van der Waals surface area contributed by atoms with Crippen molar-refractivity contribution >= 4 is 5.91 Å². The molecule has 366 valence electrons. The maximum absolute atomic E-state index is 12.9. The Bertz CT molecular complexity index is 1020. The van der Waals surface area contributed by atoms with Crippen LogP contribution in [0.25, 0.3) is 0 Å². The fraction of sp³-hybridized carbons (Fsp3) is 0.906. The van der Waals surface area contributed by atoms with Gasteiger partial charge in [0.05, 0.1) is 25.4 Å². The normalized spacial score (nSPS) is 20.4. The summed E-state index contributed by atoms with van der Waals surface area (Å²) in [6.07, 6.45) is 46.8. The van der Waals surface area contributed by atoms with E-state index in [1.54, 1.807) is 6.08 Å². The van der Waals surface area contributed by atoms with E-state index >= 15 is 0 Å². The quantitative estimate of drug-likeness (QED) is 0.0262. The molecule has 1 fully saturated rings. The molecule has 0 aliphatic carbocycles. The lowest BCUT2D eigenvalue weighted by Gasteiger charge is -2.40. The molecule has 6 N–H and O–H groups in total. The number of amides is 1. The van der Waals surface area contributed by atoms with Gasteiger partial charge in [0.2, 0.25) is 5.91 Å². The zero-order chi connectivity index (χ0) is 45.1. The SMILES string of the molecule is CCCCCCCCCCCCCCCCCCCCCCC/C=C/CC/C=C/C(O)C(COC1OC(CO)C(O)C(O)C1O)NC(=O)CCCCCCCCCCCCCC. The molecular formula is C53H101NO8. The minimum atomic E-state index is -1.57. The predicted molar refractivity (Wildman–Crippen MR) is 258 cm³/mol. The van der Waals surface area contributed by atoms with Gasteiger partial charge in [-0.05, 0) is 32.1 Å². The first-order valence-corrected chi connectivity index (χ1v) is 26.6. The van der Waals surface area contributed by atoms with Crippen molar-refractivity contribution in [3.63, 3.8) is 0 Å². The molecule has 0 aromatic rings. The number of unbranched alkanes of at least 4 members (excludes halogenated alkanes) is 33. The van der Waals surface area contributed by atoms with Crippen molar-refractivity contribution in [3.05, 3.63) is 24.3 Å². The molecule has 0 aromatic heterocycles. The monoisotopic (exact) mass is 880 g/mol. The molecule has 9 heteroatoms. The molecule has 9 nitrogen and oxygen atoms in total. The molecule has 1 amide bonds. The summed E-state index contributed by atoms with van der Waals surface area (Å²) in [4.78, 5) is 12.9. The van der Waals surface area contributed by atoms with E-state index in [4.69, 9.17) is 9.47 Å². The maximum Gasteiger partial charge on any atom is 0.220 e. The molecular weight excluding hydrogens is 779 g/mol. The number of aliphatic hydroxyl groups excluding tert-OH is 5. The number of carbonyl (C=O) groups excluding carboxylic acids is 1. The Labute approximate surface area is 381 Å². The van der Waals surface area contributed by atoms with Gasteiger partial charge in [-0.2, -0.15) is 0 Å². The van der Waals surface area contributed by atoms with Crippen LogP contribution in [0.1, 0.15) is 251 Å². The van der Waals surface area contributed by atoms with Crippen molar-refractivity contribution in [1.29, 1.82) is 0 Å². The zero-order valence-corrected chi connectivity index (χ0v) is 40.4. The summed E-state index contributed by atoms with van der Waals surface area (Å²) in [5.74, 6) is -0.185. The highest BCUT2D eigenvalue weighted by Crippen LogP contribution is 2.23. The standard InChI is InChI=1S/C53H101NO8/c1-3-5-7-9-11-13-15-17-18-19-20-21-22-23-24-25-26-27-28-29-30-31-32-34-36-38-40-42-47(56)46(45-61-53-52(60)51(59)50(58)48(44-55)62-53)54-49(57)43-41-39-37-35-33-16-14-12-10-8-6-4-2/h32,34,40,42,46-48,50-53,55-56,58-60H,3-31,33,35-39,41,43-45H2,1-2H3,(H,54,57)/b34-32+,42-40+. The molecule has 0 radical (unpaired) electrons. The summed E-state index contributed by atoms with van der Waals surface area (Å²) in [6, 6.07) is -0.817. The van der Waals surface area contributed by atoms with E-state index in [1.165, 1.54) is 193 Å². The van der Waals surface area contributed by atoms with Crippen molar-refractivity contribution < 1.29 is 39.8 Å². The van der Waals surface area contributed by atoms with Crippen LogP contribution in [0.5, 0.6) is 0 Å². The molecule has 0 aromatic carbocycles. The smallest absolute Gasteiger partial charge is 0.220 e. The molecule has 1 rings (SSSR count). The van der Waals surface area contributed by atoms with Crippen LogP contribution in [0.4, 0.5) is 0 Å². The largest absolute Gasteiger partial charge is 0.394 e. The molecule has 1 aliphatic rings. The highest BCUT2D eigenvalue weighted by atomic mass is 16.7. The van der Waals surface area contributed by atoms with Crippen LogP contribution in [-0.2, 0) is 14.3 Å². The van der Waals surface area contributed by atoms with Crippen molar-refractivity contribution in [3.8, 4) is 0 Å². The first-order valence-electron chi connectivity index (χ1n) is 26.6. The number of hydrogen-bond acceptors (Lipinski definition) is 8. The minimum absolute atomic E-state index is 0.185. The fourth-order valence-corrected chi connectivity index (χ4v) is 8.53. The van der Waals surface area contributed by atoms with Crippen molar-refractivity contribution in [2.45, 2.75) is 294 Å². The average molecular weight is 880 g/mol. The third-order valence-corrected chi connectivity index (χ3v) is 12.8.